The van der Waals surface area contributed by atoms with Gasteiger partial charge in [-0.05, 0) is 41.3 Å². The fourth-order valence-corrected chi connectivity index (χ4v) is 5.24. The van der Waals surface area contributed by atoms with Gasteiger partial charge in [0.25, 0.3) is 0 Å². The molecular formula is C15H15NO6S2. The Kier molecular flexibility index (Phi) is 4.35. The van der Waals surface area contributed by atoms with Crippen molar-refractivity contribution < 1.29 is 28.2 Å². The Morgan fingerprint density at radius 2 is 1.96 bits per heavy atom. The third kappa shape index (κ3) is 2.69. The summed E-state index contributed by atoms with van der Waals surface area (Å²) in [4.78, 5) is 12.2. The average Bonchev–Trinajstić information content (AvgIpc) is 3.03. The van der Waals surface area contributed by atoms with Crippen LogP contribution >= 0.6 is 11.3 Å². The SMILES string of the molecule is COc1ccc(S(=O)(=O)N2Cc3sccc3C(O)C2C(=O)O)cc1. The molecule has 2 unspecified atom stereocenters. The van der Waals surface area contributed by atoms with Crippen LogP contribution in [0.4, 0.5) is 0 Å². The van der Waals surface area contributed by atoms with Crippen molar-refractivity contribution >= 4 is 27.3 Å². The maximum atomic E-state index is 12.9. The van der Waals surface area contributed by atoms with E-state index < -0.39 is 28.1 Å². The van der Waals surface area contributed by atoms with Crippen molar-refractivity contribution in [3.8, 4) is 5.75 Å². The van der Waals surface area contributed by atoms with Gasteiger partial charge in [0.15, 0.2) is 6.04 Å². The molecule has 0 radical (unpaired) electrons. The Morgan fingerprint density at radius 3 is 2.54 bits per heavy atom. The highest BCUT2D eigenvalue weighted by Gasteiger charge is 2.45. The maximum absolute atomic E-state index is 12.9. The van der Waals surface area contributed by atoms with Gasteiger partial charge >= 0.3 is 5.97 Å². The molecule has 128 valence electrons. The molecule has 2 aromatic rings. The lowest BCUT2D eigenvalue weighted by atomic mass is 9.99. The Hall–Kier alpha value is -1.94. The van der Waals surface area contributed by atoms with Crippen molar-refractivity contribution in [1.82, 2.24) is 4.31 Å². The van der Waals surface area contributed by atoms with Gasteiger partial charge in [0.05, 0.1) is 12.0 Å². The van der Waals surface area contributed by atoms with Crippen molar-refractivity contribution in [2.45, 2.75) is 23.6 Å². The number of thiophene rings is 1. The van der Waals surface area contributed by atoms with Gasteiger partial charge in [0.1, 0.15) is 11.9 Å². The van der Waals surface area contributed by atoms with Gasteiger partial charge in [0, 0.05) is 11.4 Å². The minimum atomic E-state index is -4.09. The molecule has 1 aliphatic heterocycles. The molecule has 0 bridgehead atoms. The lowest BCUT2D eigenvalue weighted by molar-refractivity contribution is -0.146. The monoisotopic (exact) mass is 369 g/mol. The number of carboxylic acid groups (broad SMARTS) is 1. The largest absolute Gasteiger partial charge is 0.497 e. The third-order valence-corrected chi connectivity index (χ3v) is 6.69. The van der Waals surface area contributed by atoms with E-state index in [9.17, 15) is 23.4 Å². The highest BCUT2D eigenvalue weighted by Crippen LogP contribution is 2.38. The number of hydrogen-bond donors (Lipinski definition) is 2. The van der Waals surface area contributed by atoms with Crippen LogP contribution in [0.1, 0.15) is 16.5 Å². The van der Waals surface area contributed by atoms with Crippen LogP contribution in [-0.4, -0.2) is 42.1 Å². The first kappa shape index (κ1) is 16.9. The number of methoxy groups -OCH3 is 1. The molecule has 1 aromatic carbocycles. The number of nitrogens with zero attached hydrogens (tertiary/aromatic N) is 1. The van der Waals surface area contributed by atoms with E-state index in [2.05, 4.69) is 0 Å². The normalized spacial score (nSPS) is 21.2. The van der Waals surface area contributed by atoms with E-state index in [0.29, 0.717) is 16.2 Å². The predicted molar refractivity (Wildman–Crippen MR) is 86.4 cm³/mol. The zero-order chi connectivity index (χ0) is 17.5. The van der Waals surface area contributed by atoms with Crippen molar-refractivity contribution in [1.29, 1.82) is 0 Å². The van der Waals surface area contributed by atoms with Crippen molar-refractivity contribution in [2.24, 2.45) is 0 Å². The summed E-state index contributed by atoms with van der Waals surface area (Å²) in [5.41, 5.74) is 0.466. The fraction of sp³-hybridized carbons (Fsp3) is 0.267. The summed E-state index contributed by atoms with van der Waals surface area (Å²) in [6.07, 6.45) is -1.41. The molecular weight excluding hydrogens is 354 g/mol. The first-order valence-electron chi connectivity index (χ1n) is 6.99. The van der Waals surface area contributed by atoms with E-state index in [0.717, 1.165) is 4.31 Å². The van der Waals surface area contributed by atoms with Crippen LogP contribution in [0.25, 0.3) is 0 Å². The topological polar surface area (TPSA) is 104 Å². The molecule has 0 spiro atoms. The number of benzene rings is 1. The Bertz CT molecular complexity index is 858. The number of sulfonamides is 1. The molecule has 0 amide bonds. The van der Waals surface area contributed by atoms with Crippen LogP contribution in [-0.2, 0) is 21.4 Å². The number of hydrogen-bond acceptors (Lipinski definition) is 6. The van der Waals surface area contributed by atoms with Crippen LogP contribution in [0.3, 0.4) is 0 Å². The number of ether oxygens (including phenoxy) is 1. The van der Waals surface area contributed by atoms with Crippen LogP contribution < -0.4 is 4.74 Å². The van der Waals surface area contributed by atoms with E-state index in [1.807, 2.05) is 0 Å². The molecule has 0 fully saturated rings. The maximum Gasteiger partial charge on any atom is 0.325 e. The number of carboxylic acids is 1. The van der Waals surface area contributed by atoms with Gasteiger partial charge in [-0.25, -0.2) is 8.42 Å². The van der Waals surface area contributed by atoms with Gasteiger partial charge in [0.2, 0.25) is 10.0 Å². The Morgan fingerprint density at radius 1 is 1.29 bits per heavy atom. The highest BCUT2D eigenvalue weighted by atomic mass is 32.2. The van der Waals surface area contributed by atoms with Crippen LogP contribution in [0, 0.1) is 0 Å². The fourth-order valence-electron chi connectivity index (χ4n) is 2.69. The smallest absolute Gasteiger partial charge is 0.325 e. The molecule has 0 saturated carbocycles. The first-order chi connectivity index (χ1) is 11.4. The molecule has 0 aliphatic carbocycles. The lowest BCUT2D eigenvalue weighted by Gasteiger charge is -2.35. The summed E-state index contributed by atoms with van der Waals surface area (Å²) >= 11 is 1.28. The molecule has 3 rings (SSSR count). The summed E-state index contributed by atoms with van der Waals surface area (Å²) in [5, 5.41) is 21.5. The second-order valence-corrected chi connectivity index (χ2v) is 8.14. The second-order valence-electron chi connectivity index (χ2n) is 5.25. The van der Waals surface area contributed by atoms with E-state index in [1.165, 1.54) is 42.7 Å². The van der Waals surface area contributed by atoms with Gasteiger partial charge in [-0.3, -0.25) is 4.79 Å². The minimum Gasteiger partial charge on any atom is -0.497 e. The molecule has 24 heavy (non-hydrogen) atoms. The molecule has 9 heteroatoms. The summed E-state index contributed by atoms with van der Waals surface area (Å²) in [5.74, 6) is -0.903. The van der Waals surface area contributed by atoms with Crippen molar-refractivity contribution in [3.63, 3.8) is 0 Å². The first-order valence-corrected chi connectivity index (χ1v) is 9.31. The number of rotatable bonds is 4. The third-order valence-electron chi connectivity index (χ3n) is 3.93. The average molecular weight is 369 g/mol. The number of aliphatic hydroxyl groups excluding tert-OH is 1. The summed E-state index contributed by atoms with van der Waals surface area (Å²) in [6, 6.07) is 5.73. The predicted octanol–water partition coefficient (Wildman–Crippen LogP) is 1.45. The molecule has 2 heterocycles. The van der Waals surface area contributed by atoms with E-state index >= 15 is 0 Å². The van der Waals surface area contributed by atoms with Crippen molar-refractivity contribution in [3.05, 3.63) is 46.2 Å². The molecule has 7 nitrogen and oxygen atoms in total. The standard InChI is InChI=1S/C15H15NO6S2/c1-22-9-2-4-10(5-3-9)24(20,21)16-8-12-11(6-7-23-12)14(17)13(16)15(18)19/h2-7,13-14,17H,8H2,1H3,(H,18,19). The van der Waals surface area contributed by atoms with Crippen LogP contribution in [0.15, 0.2) is 40.6 Å². The molecule has 2 N–H and O–H groups in total. The van der Waals surface area contributed by atoms with Crippen LogP contribution in [0.5, 0.6) is 5.75 Å². The van der Waals surface area contributed by atoms with Gasteiger partial charge in [-0.2, -0.15) is 4.31 Å². The Labute approximate surface area is 142 Å². The number of carbonyl (C=O) groups is 1. The quantitative estimate of drug-likeness (QED) is 0.845. The van der Waals surface area contributed by atoms with Gasteiger partial charge in [-0.15, -0.1) is 11.3 Å². The zero-order valence-corrected chi connectivity index (χ0v) is 14.3. The summed E-state index contributed by atoms with van der Waals surface area (Å²) in [6.45, 7) is -0.0879. The number of aliphatic hydroxyl groups is 1. The van der Waals surface area contributed by atoms with Gasteiger partial charge < -0.3 is 14.9 Å². The number of aliphatic carboxylic acids is 1. The molecule has 1 aliphatic rings. The number of fused-ring (bicyclic) bond motifs is 1. The molecule has 2 atom stereocenters. The highest BCUT2D eigenvalue weighted by molar-refractivity contribution is 7.89. The van der Waals surface area contributed by atoms with Crippen molar-refractivity contribution in [2.75, 3.05) is 7.11 Å². The van der Waals surface area contributed by atoms with E-state index in [-0.39, 0.29) is 11.4 Å². The minimum absolute atomic E-state index is 0.0539. The zero-order valence-electron chi connectivity index (χ0n) is 12.6. The Balaban J connectivity index is 2.06. The summed E-state index contributed by atoms with van der Waals surface area (Å²) in [7, 11) is -2.63. The molecule has 1 aromatic heterocycles. The second kappa shape index (κ2) is 6.17. The summed E-state index contributed by atoms with van der Waals surface area (Å²) < 4.78 is 31.6. The van der Waals surface area contributed by atoms with E-state index in [1.54, 1.807) is 11.4 Å². The van der Waals surface area contributed by atoms with E-state index in [4.69, 9.17) is 4.74 Å². The molecule has 0 saturated heterocycles. The van der Waals surface area contributed by atoms with Gasteiger partial charge in [-0.1, -0.05) is 0 Å². The van der Waals surface area contributed by atoms with Crippen LogP contribution in [0.2, 0.25) is 0 Å². The lowest BCUT2D eigenvalue weighted by Crippen LogP contribution is -2.50.